The number of H-pyrrole nitrogens is 1. The van der Waals surface area contributed by atoms with Crippen molar-refractivity contribution < 1.29 is 4.74 Å². The van der Waals surface area contributed by atoms with Gasteiger partial charge in [-0.15, -0.1) is 0 Å². The van der Waals surface area contributed by atoms with E-state index in [1.165, 1.54) is 11.5 Å². The fourth-order valence-electron chi connectivity index (χ4n) is 3.76. The zero-order valence-corrected chi connectivity index (χ0v) is 16.1. The lowest BCUT2D eigenvalue weighted by Gasteiger charge is -2.34. The van der Waals surface area contributed by atoms with Gasteiger partial charge < -0.3 is 9.64 Å². The molecule has 7 nitrogen and oxygen atoms in total. The van der Waals surface area contributed by atoms with E-state index >= 15 is 0 Å². The highest BCUT2D eigenvalue weighted by molar-refractivity contribution is 7.13. The predicted molar refractivity (Wildman–Crippen MR) is 104 cm³/mol. The average molecular weight is 380 g/mol. The quantitative estimate of drug-likeness (QED) is 0.750. The number of aromatic amines is 1. The summed E-state index contributed by atoms with van der Waals surface area (Å²) in [5, 5.41) is 17.1. The molecule has 1 aliphatic carbocycles. The number of nitrogens with one attached hydrogen (secondary N) is 1. The van der Waals surface area contributed by atoms with Crippen LogP contribution < -0.4 is 4.90 Å². The van der Waals surface area contributed by atoms with Gasteiger partial charge in [0.05, 0.1) is 46.8 Å². The van der Waals surface area contributed by atoms with E-state index in [1.54, 1.807) is 0 Å². The molecule has 2 fully saturated rings. The number of pyridine rings is 1. The summed E-state index contributed by atoms with van der Waals surface area (Å²) in [5.41, 5.74) is 4.14. The lowest BCUT2D eigenvalue weighted by Crippen LogP contribution is -2.44. The number of hydrogen-bond acceptors (Lipinski definition) is 7. The van der Waals surface area contributed by atoms with Gasteiger partial charge in [-0.1, -0.05) is 0 Å². The van der Waals surface area contributed by atoms with E-state index in [0.29, 0.717) is 13.2 Å². The van der Waals surface area contributed by atoms with Crippen LogP contribution in [0, 0.1) is 18.3 Å². The van der Waals surface area contributed by atoms with E-state index < -0.39 is 0 Å². The Labute approximate surface area is 161 Å². The zero-order valence-electron chi connectivity index (χ0n) is 15.3. The molecule has 0 spiro atoms. The van der Waals surface area contributed by atoms with Crippen LogP contribution in [0.4, 0.5) is 5.82 Å². The Bertz CT molecular complexity index is 1060. The summed E-state index contributed by atoms with van der Waals surface area (Å²) in [4.78, 5) is 7.27. The lowest BCUT2D eigenvalue weighted by molar-refractivity contribution is 0.0985. The molecule has 1 unspecified atom stereocenters. The summed E-state index contributed by atoms with van der Waals surface area (Å²) in [5.74, 6) is 0.910. The number of aryl methyl sites for hydroxylation is 1. The third kappa shape index (κ3) is 2.61. The first kappa shape index (κ1) is 16.7. The first-order valence-corrected chi connectivity index (χ1v) is 9.97. The minimum absolute atomic E-state index is 0.248. The minimum atomic E-state index is -0.390. The van der Waals surface area contributed by atoms with Gasteiger partial charge in [0.15, 0.2) is 0 Å². The molecule has 1 aliphatic heterocycles. The number of anilines is 1. The number of nitrogens with zero attached hydrogens (tertiary/aromatic N) is 5. The Morgan fingerprint density at radius 3 is 2.93 bits per heavy atom. The van der Waals surface area contributed by atoms with Crippen LogP contribution in [0.25, 0.3) is 21.6 Å². The van der Waals surface area contributed by atoms with Crippen molar-refractivity contribution in [2.45, 2.75) is 38.1 Å². The maximum Gasteiger partial charge on any atom is 0.130 e. The van der Waals surface area contributed by atoms with Crippen molar-refractivity contribution >= 4 is 27.6 Å². The van der Waals surface area contributed by atoms with Gasteiger partial charge in [-0.3, -0.25) is 5.10 Å². The van der Waals surface area contributed by atoms with Crippen LogP contribution in [0.2, 0.25) is 0 Å². The summed E-state index contributed by atoms with van der Waals surface area (Å²) in [6.07, 6.45) is 1.80. The monoisotopic (exact) mass is 380 g/mol. The standard InChI is InChI=1S/C19H20N6OS/c1-11-7-14(23-22-11)16-17-18(27-24-16)13(19(10-20)3-4-19)8-15(21-17)25-5-6-26-9-12(25)2/h7-8,12H,3-6,9H2,1-2H3,(H,22,23). The van der Waals surface area contributed by atoms with Gasteiger partial charge in [-0.2, -0.15) is 14.7 Å². The molecule has 0 amide bonds. The van der Waals surface area contributed by atoms with Crippen LogP contribution in [0.5, 0.6) is 0 Å². The van der Waals surface area contributed by atoms with Gasteiger partial charge in [0.1, 0.15) is 17.0 Å². The summed E-state index contributed by atoms with van der Waals surface area (Å²) in [7, 11) is 0. The van der Waals surface area contributed by atoms with E-state index in [9.17, 15) is 5.26 Å². The van der Waals surface area contributed by atoms with Crippen LogP contribution >= 0.6 is 11.5 Å². The van der Waals surface area contributed by atoms with E-state index in [-0.39, 0.29) is 11.5 Å². The first-order chi connectivity index (χ1) is 13.1. The van der Waals surface area contributed by atoms with Crippen molar-refractivity contribution in [3.63, 3.8) is 0 Å². The van der Waals surface area contributed by atoms with Crippen LogP contribution in [0.1, 0.15) is 31.0 Å². The molecule has 0 aromatic carbocycles. The highest BCUT2D eigenvalue weighted by Crippen LogP contribution is 2.51. The summed E-state index contributed by atoms with van der Waals surface area (Å²) in [6, 6.07) is 6.89. The molecule has 1 saturated carbocycles. The van der Waals surface area contributed by atoms with Crippen molar-refractivity contribution in [2.24, 2.45) is 0 Å². The molecule has 0 bridgehead atoms. The van der Waals surface area contributed by atoms with E-state index in [0.717, 1.165) is 58.1 Å². The molecular weight excluding hydrogens is 360 g/mol. The second kappa shape index (κ2) is 6.01. The SMILES string of the molecule is Cc1cc(-c2nsc3c(C4(C#N)CC4)cc(N4CCOCC4C)nc23)[nH]n1. The third-order valence-corrected chi connectivity index (χ3v) is 6.38. The molecule has 1 atom stereocenters. The molecule has 3 aromatic rings. The summed E-state index contributed by atoms with van der Waals surface area (Å²) < 4.78 is 11.3. The fraction of sp³-hybridized carbons (Fsp3) is 0.474. The first-order valence-electron chi connectivity index (χ1n) is 9.20. The largest absolute Gasteiger partial charge is 0.377 e. The topological polar surface area (TPSA) is 90.7 Å². The Hall–Kier alpha value is -2.50. The van der Waals surface area contributed by atoms with Gasteiger partial charge in [-0.05, 0) is 55.9 Å². The van der Waals surface area contributed by atoms with E-state index in [2.05, 4.69) is 38.5 Å². The third-order valence-electron chi connectivity index (χ3n) is 5.51. The number of hydrogen-bond donors (Lipinski definition) is 1. The molecule has 2 aliphatic rings. The molecule has 0 radical (unpaired) electrons. The highest BCUT2D eigenvalue weighted by Gasteiger charge is 2.47. The van der Waals surface area contributed by atoms with Crippen molar-refractivity contribution in [3.8, 4) is 17.5 Å². The number of aromatic nitrogens is 4. The van der Waals surface area contributed by atoms with Gasteiger partial charge in [0, 0.05) is 6.54 Å². The van der Waals surface area contributed by atoms with E-state index in [1.807, 2.05) is 13.0 Å². The minimum Gasteiger partial charge on any atom is -0.377 e. The molecular formula is C19H20N6OS. The Morgan fingerprint density at radius 1 is 1.41 bits per heavy atom. The molecule has 1 N–H and O–H groups in total. The maximum atomic E-state index is 9.81. The van der Waals surface area contributed by atoms with Crippen LogP contribution in [0.15, 0.2) is 12.1 Å². The van der Waals surface area contributed by atoms with Crippen molar-refractivity contribution in [3.05, 3.63) is 23.4 Å². The summed E-state index contributed by atoms with van der Waals surface area (Å²) in [6.45, 7) is 6.27. The molecule has 1 saturated heterocycles. The van der Waals surface area contributed by atoms with Gasteiger partial charge >= 0.3 is 0 Å². The maximum absolute atomic E-state index is 9.81. The number of rotatable bonds is 3. The molecule has 8 heteroatoms. The predicted octanol–water partition coefficient (Wildman–Crippen LogP) is 3.17. The average Bonchev–Trinajstić information content (AvgIpc) is 3.18. The smallest absolute Gasteiger partial charge is 0.130 e. The Kier molecular flexibility index (Phi) is 3.71. The molecule has 4 heterocycles. The van der Waals surface area contributed by atoms with Crippen molar-refractivity contribution in [1.29, 1.82) is 5.26 Å². The number of fused-ring (bicyclic) bond motifs is 1. The van der Waals surface area contributed by atoms with Crippen LogP contribution in [-0.2, 0) is 10.2 Å². The summed E-state index contributed by atoms with van der Waals surface area (Å²) >= 11 is 1.43. The van der Waals surface area contributed by atoms with Gasteiger partial charge in [-0.25, -0.2) is 4.98 Å². The zero-order chi connectivity index (χ0) is 18.6. The fourth-order valence-corrected chi connectivity index (χ4v) is 4.71. The van der Waals surface area contributed by atoms with Crippen molar-refractivity contribution in [2.75, 3.05) is 24.7 Å². The second-order valence-electron chi connectivity index (χ2n) is 7.47. The normalized spacial score (nSPS) is 21.4. The lowest BCUT2D eigenvalue weighted by atomic mass is 9.97. The van der Waals surface area contributed by atoms with Crippen LogP contribution in [-0.4, -0.2) is 45.4 Å². The Balaban J connectivity index is 1.73. The molecule has 3 aromatic heterocycles. The number of nitriles is 1. The van der Waals surface area contributed by atoms with Crippen LogP contribution in [0.3, 0.4) is 0 Å². The Morgan fingerprint density at radius 2 is 2.26 bits per heavy atom. The van der Waals surface area contributed by atoms with Gasteiger partial charge in [0.25, 0.3) is 0 Å². The second-order valence-corrected chi connectivity index (χ2v) is 8.24. The molecule has 5 rings (SSSR count). The number of ether oxygens (including phenoxy) is 1. The van der Waals surface area contributed by atoms with Gasteiger partial charge in [0.2, 0.25) is 0 Å². The van der Waals surface area contributed by atoms with Crippen molar-refractivity contribution in [1.82, 2.24) is 19.6 Å². The molecule has 138 valence electrons. The highest BCUT2D eigenvalue weighted by atomic mass is 32.1. The van der Waals surface area contributed by atoms with E-state index in [4.69, 9.17) is 9.72 Å². The number of morpholine rings is 1. The molecule has 27 heavy (non-hydrogen) atoms.